The number of hydrogen-bond donors (Lipinski definition) is 1. The van der Waals surface area contributed by atoms with Crippen LogP contribution < -0.4 is 5.32 Å². The van der Waals surface area contributed by atoms with Crippen molar-refractivity contribution in [3.8, 4) is 0 Å². The third-order valence-electron chi connectivity index (χ3n) is 2.15. The second-order valence-electron chi connectivity index (χ2n) is 3.54. The molecule has 0 spiro atoms. The van der Waals surface area contributed by atoms with Crippen LogP contribution in [0.1, 0.15) is 28.9 Å². The molecule has 0 unspecified atom stereocenters. The van der Waals surface area contributed by atoms with E-state index < -0.39 is 0 Å². The van der Waals surface area contributed by atoms with E-state index in [1.807, 2.05) is 6.92 Å². The molecular formula is C10H11ClN2O. The topological polar surface area (TPSA) is 42.0 Å². The Labute approximate surface area is 87.5 Å². The molecule has 1 aromatic rings. The zero-order valence-corrected chi connectivity index (χ0v) is 8.64. The molecule has 0 radical (unpaired) electrons. The fourth-order valence-electron chi connectivity index (χ4n) is 1.19. The molecule has 2 rings (SSSR count). The van der Waals surface area contributed by atoms with E-state index in [-0.39, 0.29) is 11.1 Å². The lowest BCUT2D eigenvalue weighted by atomic mass is 10.2. The van der Waals surface area contributed by atoms with Gasteiger partial charge in [-0.25, -0.2) is 4.98 Å². The predicted octanol–water partition coefficient (Wildman–Crippen LogP) is 1.94. The van der Waals surface area contributed by atoms with Crippen molar-refractivity contribution in [1.29, 1.82) is 0 Å². The lowest BCUT2D eigenvalue weighted by Gasteiger charge is -2.04. The molecule has 14 heavy (non-hydrogen) atoms. The molecule has 3 nitrogen and oxygen atoms in total. The van der Waals surface area contributed by atoms with Gasteiger partial charge in [0, 0.05) is 11.7 Å². The Kier molecular flexibility index (Phi) is 2.42. The predicted molar refractivity (Wildman–Crippen MR) is 54.5 cm³/mol. The zero-order valence-electron chi connectivity index (χ0n) is 7.88. The van der Waals surface area contributed by atoms with Gasteiger partial charge in [0.15, 0.2) is 0 Å². The molecule has 0 aliphatic heterocycles. The van der Waals surface area contributed by atoms with Gasteiger partial charge in [0.05, 0.1) is 5.56 Å². The minimum absolute atomic E-state index is 0.120. The lowest BCUT2D eigenvalue weighted by molar-refractivity contribution is 0.0951. The summed E-state index contributed by atoms with van der Waals surface area (Å²) >= 11 is 5.86. The number of nitrogens with one attached hydrogen (secondary N) is 1. The minimum Gasteiger partial charge on any atom is -0.349 e. The van der Waals surface area contributed by atoms with Crippen LogP contribution in [0.5, 0.6) is 0 Å². The highest BCUT2D eigenvalue weighted by Crippen LogP contribution is 2.20. The smallest absolute Gasteiger partial charge is 0.254 e. The van der Waals surface area contributed by atoms with E-state index in [0.717, 1.165) is 18.5 Å². The monoisotopic (exact) mass is 210 g/mol. The number of rotatable bonds is 2. The van der Waals surface area contributed by atoms with E-state index in [0.29, 0.717) is 11.6 Å². The number of halogens is 1. The van der Waals surface area contributed by atoms with E-state index >= 15 is 0 Å². The van der Waals surface area contributed by atoms with Crippen molar-refractivity contribution in [3.05, 3.63) is 28.5 Å². The van der Waals surface area contributed by atoms with Gasteiger partial charge in [0.25, 0.3) is 5.91 Å². The number of aromatic nitrogens is 1. The summed E-state index contributed by atoms with van der Waals surface area (Å²) in [6, 6.07) is 3.84. The molecule has 4 heteroatoms. The van der Waals surface area contributed by atoms with Crippen molar-refractivity contribution in [3.63, 3.8) is 0 Å². The number of nitrogens with zero attached hydrogens (tertiary/aromatic N) is 1. The van der Waals surface area contributed by atoms with Crippen molar-refractivity contribution in [2.24, 2.45) is 0 Å². The molecular weight excluding hydrogens is 200 g/mol. The summed E-state index contributed by atoms with van der Waals surface area (Å²) in [4.78, 5) is 15.6. The Hall–Kier alpha value is -1.09. The maximum absolute atomic E-state index is 11.6. The number of carbonyl (C=O) groups is 1. The van der Waals surface area contributed by atoms with Crippen LogP contribution in [0.2, 0.25) is 5.15 Å². The number of hydrogen-bond acceptors (Lipinski definition) is 2. The molecule has 1 fully saturated rings. The molecule has 1 heterocycles. The van der Waals surface area contributed by atoms with E-state index in [4.69, 9.17) is 11.6 Å². The molecule has 1 aliphatic carbocycles. The average Bonchev–Trinajstić information content (AvgIpc) is 2.87. The van der Waals surface area contributed by atoms with Gasteiger partial charge in [-0.2, -0.15) is 0 Å². The minimum atomic E-state index is -0.120. The quantitative estimate of drug-likeness (QED) is 0.758. The van der Waals surface area contributed by atoms with Crippen molar-refractivity contribution < 1.29 is 4.79 Å². The first-order chi connectivity index (χ1) is 6.66. The van der Waals surface area contributed by atoms with Gasteiger partial charge in [-0.1, -0.05) is 11.6 Å². The summed E-state index contributed by atoms with van der Waals surface area (Å²) in [6.45, 7) is 1.84. The molecule has 1 aromatic heterocycles. The van der Waals surface area contributed by atoms with Gasteiger partial charge >= 0.3 is 0 Å². The molecule has 1 amide bonds. The molecule has 1 saturated carbocycles. The number of carbonyl (C=O) groups excluding carboxylic acids is 1. The highest BCUT2D eigenvalue weighted by atomic mass is 35.5. The fraction of sp³-hybridized carbons (Fsp3) is 0.400. The maximum Gasteiger partial charge on any atom is 0.254 e. The molecule has 1 aliphatic rings. The van der Waals surface area contributed by atoms with Crippen molar-refractivity contribution in [2.45, 2.75) is 25.8 Å². The summed E-state index contributed by atoms with van der Waals surface area (Å²) in [5, 5.41) is 3.15. The SMILES string of the molecule is Cc1ccc(C(=O)NC2CC2)c(Cl)n1. The zero-order chi connectivity index (χ0) is 10.1. The van der Waals surface area contributed by atoms with Gasteiger partial charge in [-0.3, -0.25) is 4.79 Å². The Morgan fingerprint density at radius 1 is 1.57 bits per heavy atom. The summed E-state index contributed by atoms with van der Waals surface area (Å²) in [6.07, 6.45) is 2.14. The van der Waals surface area contributed by atoms with Crippen LogP contribution in [-0.4, -0.2) is 16.9 Å². The molecule has 1 N–H and O–H groups in total. The number of pyridine rings is 1. The Morgan fingerprint density at radius 3 is 2.86 bits per heavy atom. The van der Waals surface area contributed by atoms with Crippen LogP contribution in [0.15, 0.2) is 12.1 Å². The van der Waals surface area contributed by atoms with Gasteiger partial charge < -0.3 is 5.32 Å². The highest BCUT2D eigenvalue weighted by molar-refractivity contribution is 6.32. The largest absolute Gasteiger partial charge is 0.349 e. The second-order valence-corrected chi connectivity index (χ2v) is 3.90. The normalized spacial score (nSPS) is 15.3. The maximum atomic E-state index is 11.6. The van der Waals surface area contributed by atoms with E-state index in [1.54, 1.807) is 12.1 Å². The van der Waals surface area contributed by atoms with Crippen LogP contribution in [0.3, 0.4) is 0 Å². The lowest BCUT2D eigenvalue weighted by Crippen LogP contribution is -2.25. The van der Waals surface area contributed by atoms with Gasteiger partial charge in [0.1, 0.15) is 5.15 Å². The summed E-state index contributed by atoms with van der Waals surface area (Å²) in [5.41, 5.74) is 1.28. The van der Waals surface area contributed by atoms with Crippen molar-refractivity contribution in [1.82, 2.24) is 10.3 Å². The molecule has 0 atom stereocenters. The first kappa shape index (κ1) is 9.46. The van der Waals surface area contributed by atoms with E-state index in [1.165, 1.54) is 0 Å². The van der Waals surface area contributed by atoms with Crippen LogP contribution in [0.4, 0.5) is 0 Å². The summed E-state index contributed by atoms with van der Waals surface area (Å²) < 4.78 is 0. The average molecular weight is 211 g/mol. The third kappa shape index (κ3) is 2.04. The van der Waals surface area contributed by atoms with E-state index in [2.05, 4.69) is 10.3 Å². The summed E-state index contributed by atoms with van der Waals surface area (Å²) in [7, 11) is 0. The van der Waals surface area contributed by atoms with E-state index in [9.17, 15) is 4.79 Å². The van der Waals surface area contributed by atoms with Crippen molar-refractivity contribution >= 4 is 17.5 Å². The highest BCUT2D eigenvalue weighted by Gasteiger charge is 2.24. The standard InChI is InChI=1S/C10H11ClN2O/c1-6-2-5-8(9(11)12-6)10(14)13-7-3-4-7/h2,5,7H,3-4H2,1H3,(H,13,14). The van der Waals surface area contributed by atoms with Gasteiger partial charge in [0.2, 0.25) is 0 Å². The Morgan fingerprint density at radius 2 is 2.29 bits per heavy atom. The fourth-order valence-corrected chi connectivity index (χ4v) is 1.47. The van der Waals surface area contributed by atoms with Crippen molar-refractivity contribution in [2.75, 3.05) is 0 Å². The molecule has 74 valence electrons. The second kappa shape index (κ2) is 3.58. The van der Waals surface area contributed by atoms with Crippen LogP contribution in [-0.2, 0) is 0 Å². The summed E-state index contributed by atoms with van der Waals surface area (Å²) in [5.74, 6) is -0.120. The molecule has 0 aromatic carbocycles. The Balaban J connectivity index is 2.17. The van der Waals surface area contributed by atoms with Crippen LogP contribution >= 0.6 is 11.6 Å². The first-order valence-corrected chi connectivity index (χ1v) is 4.98. The molecule has 0 bridgehead atoms. The first-order valence-electron chi connectivity index (χ1n) is 4.61. The third-order valence-corrected chi connectivity index (χ3v) is 2.43. The number of amides is 1. The number of aryl methyl sites for hydroxylation is 1. The van der Waals surface area contributed by atoms with Crippen LogP contribution in [0.25, 0.3) is 0 Å². The van der Waals surface area contributed by atoms with Gasteiger partial charge in [-0.05, 0) is 31.9 Å². The van der Waals surface area contributed by atoms with Crippen LogP contribution in [0, 0.1) is 6.92 Å². The molecule has 0 saturated heterocycles. The van der Waals surface area contributed by atoms with Gasteiger partial charge in [-0.15, -0.1) is 0 Å². The Bertz CT molecular complexity index is 374.